The van der Waals surface area contributed by atoms with Gasteiger partial charge in [0.2, 0.25) is 17.6 Å². The van der Waals surface area contributed by atoms with Crippen LogP contribution in [0, 0.1) is 11.8 Å². The molecule has 0 radical (unpaired) electrons. The number of carbonyl (C=O) groups is 1. The maximum absolute atomic E-state index is 12.1. The summed E-state index contributed by atoms with van der Waals surface area (Å²) in [6.07, 6.45) is 6.26. The summed E-state index contributed by atoms with van der Waals surface area (Å²) in [7, 11) is 0. The van der Waals surface area contributed by atoms with Crippen LogP contribution in [-0.2, 0) is 11.3 Å². The Kier molecular flexibility index (Phi) is 9.54. The van der Waals surface area contributed by atoms with E-state index in [1.165, 1.54) is 12.8 Å². The molecular weight excluding hydrogens is 377 g/mol. The molecule has 9 heteroatoms. The molecule has 0 aliphatic carbocycles. The molecule has 1 saturated heterocycles. The third kappa shape index (κ3) is 6.23. The molecule has 1 aliphatic rings. The highest BCUT2D eigenvalue weighted by Crippen LogP contribution is 2.22. The molecule has 0 aromatic carbocycles. The van der Waals surface area contributed by atoms with Crippen LogP contribution in [0.4, 0.5) is 0 Å². The Hall–Kier alpha value is -1.70. The highest BCUT2D eigenvalue weighted by atomic mass is 35.5. The molecule has 0 spiro atoms. The van der Waals surface area contributed by atoms with Crippen molar-refractivity contribution in [2.45, 2.75) is 32.7 Å². The summed E-state index contributed by atoms with van der Waals surface area (Å²) in [6.45, 7) is 4.50. The standard InChI is InChI=1S/C17H23N5O2.2ClH/c1-12(14-3-2-6-19-10-14)9-15(23)20-11-16-21-17(22-24-16)13-4-7-18-8-5-13;;/h4-5,7-8,12,14,19H,2-3,6,9-11H2,1H3,(H,20,23);2*1H. The van der Waals surface area contributed by atoms with Crippen LogP contribution in [0.3, 0.4) is 0 Å². The summed E-state index contributed by atoms with van der Waals surface area (Å²) >= 11 is 0. The first-order chi connectivity index (χ1) is 11.7. The lowest BCUT2D eigenvalue weighted by Crippen LogP contribution is -2.35. The van der Waals surface area contributed by atoms with Crippen molar-refractivity contribution in [1.29, 1.82) is 0 Å². The van der Waals surface area contributed by atoms with Gasteiger partial charge in [-0.15, -0.1) is 24.8 Å². The summed E-state index contributed by atoms with van der Waals surface area (Å²) in [5.41, 5.74) is 0.838. The number of amides is 1. The van der Waals surface area contributed by atoms with Gasteiger partial charge in [0.05, 0.1) is 6.54 Å². The average Bonchev–Trinajstić information content (AvgIpc) is 3.10. The molecule has 0 saturated carbocycles. The zero-order valence-electron chi connectivity index (χ0n) is 14.7. The molecule has 2 atom stereocenters. The average molecular weight is 402 g/mol. The minimum atomic E-state index is 0. The Labute approximate surface area is 165 Å². The van der Waals surface area contributed by atoms with Gasteiger partial charge >= 0.3 is 0 Å². The van der Waals surface area contributed by atoms with Gasteiger partial charge in [0.1, 0.15) is 0 Å². The number of pyridine rings is 1. The lowest BCUT2D eigenvalue weighted by molar-refractivity contribution is -0.122. The van der Waals surface area contributed by atoms with Crippen molar-refractivity contribution in [2.75, 3.05) is 13.1 Å². The van der Waals surface area contributed by atoms with E-state index in [0.29, 0.717) is 30.0 Å². The second-order valence-corrected chi connectivity index (χ2v) is 6.31. The first-order valence-corrected chi connectivity index (χ1v) is 8.43. The zero-order valence-corrected chi connectivity index (χ0v) is 16.3. The van der Waals surface area contributed by atoms with Crippen LogP contribution in [0.1, 0.15) is 32.1 Å². The predicted molar refractivity (Wildman–Crippen MR) is 103 cm³/mol. The fourth-order valence-electron chi connectivity index (χ4n) is 3.01. The Morgan fingerprint density at radius 1 is 1.38 bits per heavy atom. The van der Waals surface area contributed by atoms with Crippen LogP contribution in [0.2, 0.25) is 0 Å². The monoisotopic (exact) mass is 401 g/mol. The second-order valence-electron chi connectivity index (χ2n) is 6.31. The summed E-state index contributed by atoms with van der Waals surface area (Å²) < 4.78 is 5.18. The SMILES string of the molecule is CC(CC(=O)NCc1nc(-c2ccncc2)no1)C1CCCNC1.Cl.Cl. The van der Waals surface area contributed by atoms with Crippen molar-refractivity contribution in [3.8, 4) is 11.4 Å². The Balaban J connectivity index is 0.00000169. The van der Waals surface area contributed by atoms with Gasteiger partial charge in [-0.05, 0) is 49.9 Å². The fraction of sp³-hybridized carbons (Fsp3) is 0.529. The van der Waals surface area contributed by atoms with E-state index in [1.807, 2.05) is 12.1 Å². The summed E-state index contributed by atoms with van der Waals surface area (Å²) in [6, 6.07) is 3.63. The van der Waals surface area contributed by atoms with E-state index in [9.17, 15) is 4.79 Å². The molecule has 2 unspecified atom stereocenters. The van der Waals surface area contributed by atoms with Gasteiger partial charge < -0.3 is 15.2 Å². The Bertz CT molecular complexity index is 662. The van der Waals surface area contributed by atoms with E-state index in [0.717, 1.165) is 18.7 Å². The van der Waals surface area contributed by atoms with Crippen LogP contribution in [0.5, 0.6) is 0 Å². The van der Waals surface area contributed by atoms with E-state index in [1.54, 1.807) is 12.4 Å². The van der Waals surface area contributed by atoms with Crippen molar-refractivity contribution in [3.63, 3.8) is 0 Å². The number of piperidine rings is 1. The molecule has 1 fully saturated rings. The van der Waals surface area contributed by atoms with Gasteiger partial charge in [-0.3, -0.25) is 9.78 Å². The maximum atomic E-state index is 12.1. The number of halogens is 2. The molecule has 7 nitrogen and oxygen atoms in total. The molecule has 2 aromatic rings. The largest absolute Gasteiger partial charge is 0.347 e. The lowest BCUT2D eigenvalue weighted by atomic mass is 9.85. The number of hydrogen-bond acceptors (Lipinski definition) is 6. The minimum Gasteiger partial charge on any atom is -0.347 e. The number of hydrogen-bond donors (Lipinski definition) is 2. The summed E-state index contributed by atoms with van der Waals surface area (Å²) in [4.78, 5) is 20.4. The first kappa shape index (κ1) is 22.3. The molecule has 2 aromatic heterocycles. The molecule has 0 bridgehead atoms. The van der Waals surface area contributed by atoms with Gasteiger partial charge in [0.15, 0.2) is 0 Å². The third-order valence-electron chi connectivity index (χ3n) is 4.49. The van der Waals surface area contributed by atoms with Crippen LogP contribution in [0.25, 0.3) is 11.4 Å². The minimum absolute atomic E-state index is 0. The second kappa shape index (κ2) is 11.1. The zero-order chi connectivity index (χ0) is 16.8. The predicted octanol–water partition coefficient (Wildman–Crippen LogP) is 2.62. The van der Waals surface area contributed by atoms with Crippen molar-refractivity contribution in [2.24, 2.45) is 11.8 Å². The highest BCUT2D eigenvalue weighted by Gasteiger charge is 2.22. The van der Waals surface area contributed by atoms with Crippen molar-refractivity contribution in [3.05, 3.63) is 30.4 Å². The van der Waals surface area contributed by atoms with Crippen LogP contribution in [-0.4, -0.2) is 34.1 Å². The molecule has 144 valence electrons. The van der Waals surface area contributed by atoms with E-state index in [-0.39, 0.29) is 37.3 Å². The van der Waals surface area contributed by atoms with Crippen LogP contribution >= 0.6 is 24.8 Å². The van der Waals surface area contributed by atoms with Gasteiger partial charge in [-0.1, -0.05) is 12.1 Å². The summed E-state index contributed by atoms with van der Waals surface area (Å²) in [5.74, 6) is 1.88. The number of nitrogens with one attached hydrogen (secondary N) is 2. The van der Waals surface area contributed by atoms with Gasteiger partial charge in [0.25, 0.3) is 0 Å². The van der Waals surface area contributed by atoms with Gasteiger partial charge in [-0.25, -0.2) is 0 Å². The maximum Gasteiger partial charge on any atom is 0.246 e. The molecular formula is C17H25Cl2N5O2. The van der Waals surface area contributed by atoms with Gasteiger partial charge in [-0.2, -0.15) is 4.98 Å². The van der Waals surface area contributed by atoms with Gasteiger partial charge in [0, 0.05) is 24.4 Å². The molecule has 2 N–H and O–H groups in total. The fourth-order valence-corrected chi connectivity index (χ4v) is 3.01. The molecule has 1 aliphatic heterocycles. The lowest BCUT2D eigenvalue weighted by Gasteiger charge is -2.27. The van der Waals surface area contributed by atoms with E-state index < -0.39 is 0 Å². The Morgan fingerprint density at radius 3 is 2.85 bits per heavy atom. The molecule has 3 rings (SSSR count). The normalized spacial score (nSPS) is 17.5. The number of nitrogens with zero attached hydrogens (tertiary/aromatic N) is 3. The quantitative estimate of drug-likeness (QED) is 0.772. The van der Waals surface area contributed by atoms with Crippen molar-refractivity contribution in [1.82, 2.24) is 25.8 Å². The van der Waals surface area contributed by atoms with Crippen LogP contribution < -0.4 is 10.6 Å². The molecule has 1 amide bonds. The van der Waals surface area contributed by atoms with E-state index in [4.69, 9.17) is 4.52 Å². The summed E-state index contributed by atoms with van der Waals surface area (Å²) in [5, 5.41) is 10.2. The number of aromatic nitrogens is 3. The highest BCUT2D eigenvalue weighted by molar-refractivity contribution is 5.85. The molecule has 26 heavy (non-hydrogen) atoms. The van der Waals surface area contributed by atoms with Crippen LogP contribution in [0.15, 0.2) is 29.0 Å². The van der Waals surface area contributed by atoms with Crippen molar-refractivity contribution >= 4 is 30.7 Å². The first-order valence-electron chi connectivity index (χ1n) is 8.43. The Morgan fingerprint density at radius 2 is 2.15 bits per heavy atom. The number of carbonyl (C=O) groups excluding carboxylic acids is 1. The molecule has 3 heterocycles. The topological polar surface area (TPSA) is 92.9 Å². The number of rotatable bonds is 6. The van der Waals surface area contributed by atoms with Crippen molar-refractivity contribution < 1.29 is 9.32 Å². The van der Waals surface area contributed by atoms with E-state index >= 15 is 0 Å². The van der Waals surface area contributed by atoms with E-state index in [2.05, 4.69) is 32.7 Å². The third-order valence-corrected chi connectivity index (χ3v) is 4.49. The smallest absolute Gasteiger partial charge is 0.246 e.